The van der Waals surface area contributed by atoms with Crippen LogP contribution in [0.2, 0.25) is 5.02 Å². The first-order chi connectivity index (χ1) is 10.1. The highest BCUT2D eigenvalue weighted by Crippen LogP contribution is 2.38. The van der Waals surface area contributed by atoms with Gasteiger partial charge < -0.3 is 14.8 Å². The summed E-state index contributed by atoms with van der Waals surface area (Å²) in [6.07, 6.45) is 0. The Bertz CT molecular complexity index is 688. The van der Waals surface area contributed by atoms with Crippen LogP contribution in [0.1, 0.15) is 10.4 Å². The van der Waals surface area contributed by atoms with Crippen molar-refractivity contribution in [3.8, 4) is 11.5 Å². The topological polar surface area (TPSA) is 47.6 Å². The van der Waals surface area contributed by atoms with Crippen LogP contribution in [0.25, 0.3) is 0 Å². The van der Waals surface area contributed by atoms with Crippen molar-refractivity contribution in [2.75, 3.05) is 18.5 Å². The standard InChI is InChI=1S/C15H11ClINO3/c16-11-7-13-14(21-6-5-20-13)8-12(11)18-15(19)9-1-3-10(17)4-2-9/h1-4,7-8H,5-6H2,(H,18,19). The van der Waals surface area contributed by atoms with E-state index in [1.165, 1.54) is 0 Å². The zero-order chi connectivity index (χ0) is 14.8. The summed E-state index contributed by atoms with van der Waals surface area (Å²) in [5.74, 6) is 0.965. The van der Waals surface area contributed by atoms with Gasteiger partial charge in [0.1, 0.15) is 13.2 Å². The fourth-order valence-corrected chi connectivity index (χ4v) is 2.52. The zero-order valence-electron chi connectivity index (χ0n) is 10.9. The van der Waals surface area contributed by atoms with E-state index in [9.17, 15) is 4.79 Å². The molecule has 1 N–H and O–H groups in total. The molecular formula is C15H11ClINO3. The molecule has 0 bridgehead atoms. The highest BCUT2D eigenvalue weighted by molar-refractivity contribution is 14.1. The Morgan fingerprint density at radius 3 is 2.38 bits per heavy atom. The normalized spacial score (nSPS) is 12.9. The van der Waals surface area contributed by atoms with E-state index in [-0.39, 0.29) is 5.91 Å². The third-order valence-electron chi connectivity index (χ3n) is 2.99. The van der Waals surface area contributed by atoms with Crippen molar-refractivity contribution in [2.24, 2.45) is 0 Å². The Morgan fingerprint density at radius 2 is 1.71 bits per heavy atom. The van der Waals surface area contributed by atoms with Gasteiger partial charge in [0.15, 0.2) is 11.5 Å². The number of nitrogens with one attached hydrogen (secondary N) is 1. The number of fused-ring (bicyclic) bond motifs is 1. The van der Waals surface area contributed by atoms with Gasteiger partial charge in [-0.25, -0.2) is 0 Å². The summed E-state index contributed by atoms with van der Waals surface area (Å²) in [4.78, 5) is 12.2. The fraction of sp³-hybridized carbons (Fsp3) is 0.133. The molecule has 4 nitrogen and oxygen atoms in total. The number of carbonyl (C=O) groups is 1. The Labute approximate surface area is 140 Å². The average Bonchev–Trinajstić information content (AvgIpc) is 2.48. The maximum absolute atomic E-state index is 12.2. The second-order valence-corrected chi connectivity index (χ2v) is 6.09. The zero-order valence-corrected chi connectivity index (χ0v) is 13.8. The van der Waals surface area contributed by atoms with Crippen molar-refractivity contribution >= 4 is 45.8 Å². The smallest absolute Gasteiger partial charge is 0.255 e. The minimum absolute atomic E-state index is 0.218. The summed E-state index contributed by atoms with van der Waals surface area (Å²) >= 11 is 8.36. The van der Waals surface area contributed by atoms with Crippen LogP contribution < -0.4 is 14.8 Å². The molecule has 0 saturated heterocycles. The summed E-state index contributed by atoms with van der Waals surface area (Å²) in [5.41, 5.74) is 1.07. The number of benzene rings is 2. The molecule has 1 amide bonds. The third-order valence-corrected chi connectivity index (χ3v) is 4.02. The molecule has 0 spiro atoms. The molecule has 0 radical (unpaired) electrons. The number of ether oxygens (including phenoxy) is 2. The number of anilines is 1. The lowest BCUT2D eigenvalue weighted by atomic mass is 10.2. The van der Waals surface area contributed by atoms with Crippen molar-refractivity contribution in [1.29, 1.82) is 0 Å². The van der Waals surface area contributed by atoms with E-state index >= 15 is 0 Å². The number of halogens is 2. The van der Waals surface area contributed by atoms with Gasteiger partial charge in [-0.2, -0.15) is 0 Å². The van der Waals surface area contributed by atoms with Gasteiger partial charge in [0, 0.05) is 21.3 Å². The second-order valence-electron chi connectivity index (χ2n) is 4.44. The molecule has 21 heavy (non-hydrogen) atoms. The Kier molecular flexibility index (Phi) is 4.21. The number of amides is 1. The van der Waals surface area contributed by atoms with Crippen LogP contribution in [0.4, 0.5) is 5.69 Å². The lowest BCUT2D eigenvalue weighted by Gasteiger charge is -2.20. The molecule has 1 aliphatic heterocycles. The molecule has 0 unspecified atom stereocenters. The Morgan fingerprint density at radius 1 is 1.10 bits per heavy atom. The number of rotatable bonds is 2. The van der Waals surface area contributed by atoms with E-state index < -0.39 is 0 Å². The van der Waals surface area contributed by atoms with E-state index in [0.717, 1.165) is 3.57 Å². The van der Waals surface area contributed by atoms with Gasteiger partial charge in [-0.1, -0.05) is 11.6 Å². The van der Waals surface area contributed by atoms with Crippen molar-refractivity contribution < 1.29 is 14.3 Å². The van der Waals surface area contributed by atoms with E-state index in [1.54, 1.807) is 24.3 Å². The summed E-state index contributed by atoms with van der Waals surface area (Å²) in [6.45, 7) is 0.983. The first kappa shape index (κ1) is 14.5. The minimum atomic E-state index is -0.218. The van der Waals surface area contributed by atoms with Crippen molar-refractivity contribution in [3.05, 3.63) is 50.6 Å². The molecule has 2 aromatic carbocycles. The van der Waals surface area contributed by atoms with Crippen LogP contribution in [0.5, 0.6) is 11.5 Å². The first-order valence-electron chi connectivity index (χ1n) is 6.29. The predicted octanol–water partition coefficient (Wildman–Crippen LogP) is 3.97. The molecule has 0 saturated carbocycles. The Balaban J connectivity index is 1.84. The first-order valence-corrected chi connectivity index (χ1v) is 7.75. The molecule has 0 aromatic heterocycles. The van der Waals surface area contributed by atoms with Crippen LogP contribution in [-0.2, 0) is 0 Å². The van der Waals surface area contributed by atoms with Crippen molar-refractivity contribution in [3.63, 3.8) is 0 Å². The SMILES string of the molecule is O=C(Nc1cc2c(cc1Cl)OCCO2)c1ccc(I)cc1. The van der Waals surface area contributed by atoms with Gasteiger partial charge in [-0.3, -0.25) is 4.79 Å². The maximum atomic E-state index is 12.2. The monoisotopic (exact) mass is 415 g/mol. The van der Waals surface area contributed by atoms with E-state index in [2.05, 4.69) is 27.9 Å². The van der Waals surface area contributed by atoms with Gasteiger partial charge in [-0.15, -0.1) is 0 Å². The average molecular weight is 416 g/mol. The molecule has 1 heterocycles. The van der Waals surface area contributed by atoms with E-state index in [4.69, 9.17) is 21.1 Å². The van der Waals surface area contributed by atoms with Gasteiger partial charge in [-0.05, 0) is 46.9 Å². The van der Waals surface area contributed by atoms with Crippen molar-refractivity contribution in [2.45, 2.75) is 0 Å². The van der Waals surface area contributed by atoms with Crippen LogP contribution >= 0.6 is 34.2 Å². The Hall–Kier alpha value is -1.47. The lowest BCUT2D eigenvalue weighted by molar-refractivity contribution is 0.102. The highest BCUT2D eigenvalue weighted by Gasteiger charge is 2.16. The summed E-state index contributed by atoms with van der Waals surface area (Å²) in [7, 11) is 0. The van der Waals surface area contributed by atoms with Crippen LogP contribution in [0.15, 0.2) is 36.4 Å². The number of hydrogen-bond donors (Lipinski definition) is 1. The number of hydrogen-bond acceptors (Lipinski definition) is 3. The predicted molar refractivity (Wildman–Crippen MR) is 89.6 cm³/mol. The molecule has 2 aromatic rings. The van der Waals surface area contributed by atoms with Gasteiger partial charge in [0.05, 0.1) is 10.7 Å². The minimum Gasteiger partial charge on any atom is -0.486 e. The maximum Gasteiger partial charge on any atom is 0.255 e. The molecule has 0 atom stereocenters. The largest absolute Gasteiger partial charge is 0.486 e. The summed E-state index contributed by atoms with van der Waals surface area (Å²) in [6, 6.07) is 10.6. The molecule has 108 valence electrons. The van der Waals surface area contributed by atoms with Crippen molar-refractivity contribution in [1.82, 2.24) is 0 Å². The third kappa shape index (κ3) is 3.24. The molecular weight excluding hydrogens is 405 g/mol. The summed E-state index contributed by atoms with van der Waals surface area (Å²) < 4.78 is 12.0. The molecule has 6 heteroatoms. The van der Waals surface area contributed by atoms with Gasteiger partial charge in [0.25, 0.3) is 5.91 Å². The van der Waals surface area contributed by atoms with Gasteiger partial charge in [0.2, 0.25) is 0 Å². The molecule has 0 fully saturated rings. The fourth-order valence-electron chi connectivity index (χ4n) is 1.96. The summed E-state index contributed by atoms with van der Waals surface area (Å²) in [5, 5.41) is 3.20. The van der Waals surface area contributed by atoms with Crippen LogP contribution in [-0.4, -0.2) is 19.1 Å². The second kappa shape index (κ2) is 6.11. The van der Waals surface area contributed by atoms with E-state index in [1.807, 2.05) is 12.1 Å². The lowest BCUT2D eigenvalue weighted by Crippen LogP contribution is -2.16. The van der Waals surface area contributed by atoms with E-state index in [0.29, 0.717) is 41.0 Å². The van der Waals surface area contributed by atoms with Gasteiger partial charge >= 0.3 is 0 Å². The van der Waals surface area contributed by atoms with Crippen LogP contribution in [0, 0.1) is 3.57 Å². The highest BCUT2D eigenvalue weighted by atomic mass is 127. The quantitative estimate of drug-likeness (QED) is 0.755. The molecule has 0 aliphatic carbocycles. The number of carbonyl (C=O) groups excluding carboxylic acids is 1. The van der Waals surface area contributed by atoms with Crippen LogP contribution in [0.3, 0.4) is 0 Å². The molecule has 3 rings (SSSR count). The molecule has 1 aliphatic rings.